The summed E-state index contributed by atoms with van der Waals surface area (Å²) in [6.07, 6.45) is 3.55. The Morgan fingerprint density at radius 3 is 3.05 bits per heavy atom. The van der Waals surface area contributed by atoms with E-state index in [1.165, 1.54) is 29.0 Å². The SMILES string of the molecule is CC(C)N(CC1CCCN1)C(=O)c1cc2c(s1)CCSC2. The van der Waals surface area contributed by atoms with Gasteiger partial charge in [0.2, 0.25) is 0 Å². The molecule has 1 atom stereocenters. The molecule has 1 unspecified atom stereocenters. The van der Waals surface area contributed by atoms with E-state index in [0.29, 0.717) is 6.04 Å². The molecule has 116 valence electrons. The molecule has 0 radical (unpaired) electrons. The molecule has 1 aromatic rings. The molecule has 0 bridgehead atoms. The first kappa shape index (κ1) is 15.4. The van der Waals surface area contributed by atoms with Crippen LogP contribution in [0.15, 0.2) is 6.07 Å². The second-order valence-electron chi connectivity index (χ2n) is 6.21. The maximum Gasteiger partial charge on any atom is 0.264 e. The largest absolute Gasteiger partial charge is 0.334 e. The standard InChI is InChI=1S/C16H24N2OS2/c1-11(2)18(9-13-4-3-6-17-13)16(19)15-8-12-10-20-7-5-14(12)21-15/h8,11,13,17H,3-7,9-10H2,1-2H3. The van der Waals surface area contributed by atoms with Crippen molar-refractivity contribution in [3.63, 3.8) is 0 Å². The quantitative estimate of drug-likeness (QED) is 0.923. The van der Waals surface area contributed by atoms with Gasteiger partial charge in [0, 0.05) is 29.3 Å². The highest BCUT2D eigenvalue weighted by Gasteiger charge is 2.26. The summed E-state index contributed by atoms with van der Waals surface area (Å²) in [4.78, 5) is 17.3. The van der Waals surface area contributed by atoms with Gasteiger partial charge in [-0.15, -0.1) is 11.3 Å². The zero-order chi connectivity index (χ0) is 14.8. The Morgan fingerprint density at radius 1 is 1.52 bits per heavy atom. The molecule has 0 aromatic carbocycles. The van der Waals surface area contributed by atoms with Crippen LogP contribution in [-0.4, -0.2) is 41.7 Å². The highest BCUT2D eigenvalue weighted by molar-refractivity contribution is 7.98. The third-order valence-electron chi connectivity index (χ3n) is 4.30. The maximum atomic E-state index is 12.9. The van der Waals surface area contributed by atoms with Gasteiger partial charge in [-0.1, -0.05) is 0 Å². The molecule has 3 nitrogen and oxygen atoms in total. The van der Waals surface area contributed by atoms with Crippen molar-refractivity contribution in [3.8, 4) is 0 Å². The zero-order valence-electron chi connectivity index (χ0n) is 12.9. The Morgan fingerprint density at radius 2 is 2.38 bits per heavy atom. The van der Waals surface area contributed by atoms with Gasteiger partial charge >= 0.3 is 0 Å². The van der Waals surface area contributed by atoms with E-state index in [9.17, 15) is 4.79 Å². The molecule has 0 spiro atoms. The van der Waals surface area contributed by atoms with Gasteiger partial charge < -0.3 is 10.2 Å². The van der Waals surface area contributed by atoms with Crippen molar-refractivity contribution in [3.05, 3.63) is 21.4 Å². The molecule has 1 N–H and O–H groups in total. The molecular weight excluding hydrogens is 300 g/mol. The first-order valence-electron chi connectivity index (χ1n) is 7.89. The minimum atomic E-state index is 0.225. The van der Waals surface area contributed by atoms with Crippen molar-refractivity contribution in [1.29, 1.82) is 0 Å². The monoisotopic (exact) mass is 324 g/mol. The number of thiophene rings is 1. The van der Waals surface area contributed by atoms with E-state index < -0.39 is 0 Å². The van der Waals surface area contributed by atoms with E-state index in [0.717, 1.165) is 30.1 Å². The third-order valence-corrected chi connectivity index (χ3v) is 6.54. The van der Waals surface area contributed by atoms with Crippen molar-refractivity contribution in [2.75, 3.05) is 18.8 Å². The minimum absolute atomic E-state index is 0.225. The lowest BCUT2D eigenvalue weighted by atomic mass is 10.1. The summed E-state index contributed by atoms with van der Waals surface area (Å²) in [5.74, 6) is 2.49. The Bertz CT molecular complexity index is 483. The lowest BCUT2D eigenvalue weighted by Crippen LogP contribution is -2.44. The smallest absolute Gasteiger partial charge is 0.264 e. The molecular formula is C16H24N2OS2. The van der Waals surface area contributed by atoms with Crippen LogP contribution in [0.3, 0.4) is 0 Å². The highest BCUT2D eigenvalue weighted by atomic mass is 32.2. The summed E-state index contributed by atoms with van der Waals surface area (Å²) in [7, 11) is 0. The Kier molecular flexibility index (Phi) is 4.92. The van der Waals surface area contributed by atoms with Crippen LogP contribution in [0.2, 0.25) is 0 Å². The normalized spacial score (nSPS) is 21.6. The number of thioether (sulfide) groups is 1. The van der Waals surface area contributed by atoms with Gasteiger partial charge in [0.15, 0.2) is 0 Å². The summed E-state index contributed by atoms with van der Waals surface area (Å²) >= 11 is 3.70. The van der Waals surface area contributed by atoms with Crippen molar-refractivity contribution in [2.24, 2.45) is 0 Å². The van der Waals surface area contributed by atoms with Crippen LogP contribution in [0.1, 0.15) is 46.8 Å². The van der Waals surface area contributed by atoms with Gasteiger partial charge in [-0.05, 0) is 57.0 Å². The van der Waals surface area contributed by atoms with Crippen molar-refractivity contribution < 1.29 is 4.79 Å². The maximum absolute atomic E-state index is 12.9. The summed E-state index contributed by atoms with van der Waals surface area (Å²) < 4.78 is 0. The number of carbonyl (C=O) groups is 1. The molecule has 0 saturated carbocycles. The van der Waals surface area contributed by atoms with Crippen LogP contribution < -0.4 is 5.32 Å². The average Bonchev–Trinajstić information content (AvgIpc) is 3.12. The fourth-order valence-corrected chi connectivity index (χ4v) is 5.40. The molecule has 2 aliphatic rings. The van der Waals surface area contributed by atoms with Crippen LogP contribution in [0.4, 0.5) is 0 Å². The molecule has 3 rings (SSSR count). The fourth-order valence-electron chi connectivity index (χ4n) is 3.07. The number of fused-ring (bicyclic) bond motifs is 1. The molecule has 1 amide bonds. The Hall–Kier alpha value is -0.520. The number of hydrogen-bond acceptors (Lipinski definition) is 4. The predicted molar refractivity (Wildman–Crippen MR) is 91.4 cm³/mol. The third kappa shape index (κ3) is 3.46. The zero-order valence-corrected chi connectivity index (χ0v) is 14.5. The molecule has 5 heteroatoms. The van der Waals surface area contributed by atoms with Gasteiger partial charge in [0.1, 0.15) is 0 Å². The van der Waals surface area contributed by atoms with Gasteiger partial charge in [-0.25, -0.2) is 0 Å². The highest BCUT2D eigenvalue weighted by Crippen LogP contribution is 2.32. The summed E-state index contributed by atoms with van der Waals surface area (Å²) in [5.41, 5.74) is 1.39. The molecule has 0 aliphatic carbocycles. The first-order valence-corrected chi connectivity index (χ1v) is 9.86. The number of carbonyl (C=O) groups excluding carboxylic acids is 1. The molecule has 3 heterocycles. The lowest BCUT2D eigenvalue weighted by Gasteiger charge is -2.29. The average molecular weight is 325 g/mol. The number of rotatable bonds is 4. The number of amides is 1. The van der Waals surface area contributed by atoms with Crippen LogP contribution in [0.25, 0.3) is 0 Å². The lowest BCUT2D eigenvalue weighted by molar-refractivity contribution is 0.0694. The molecule has 1 aromatic heterocycles. The predicted octanol–water partition coefficient (Wildman–Crippen LogP) is 3.14. The molecule has 21 heavy (non-hydrogen) atoms. The van der Waals surface area contributed by atoms with E-state index in [2.05, 4.69) is 25.2 Å². The second kappa shape index (κ2) is 6.71. The van der Waals surface area contributed by atoms with E-state index in [1.54, 1.807) is 11.3 Å². The minimum Gasteiger partial charge on any atom is -0.334 e. The van der Waals surface area contributed by atoms with Gasteiger partial charge in [-0.3, -0.25) is 4.79 Å². The summed E-state index contributed by atoms with van der Waals surface area (Å²) in [6.45, 7) is 6.18. The summed E-state index contributed by atoms with van der Waals surface area (Å²) in [5, 5.41) is 3.50. The number of nitrogens with zero attached hydrogens (tertiary/aromatic N) is 1. The van der Waals surface area contributed by atoms with Crippen molar-refractivity contribution >= 4 is 29.0 Å². The van der Waals surface area contributed by atoms with Crippen LogP contribution in [0.5, 0.6) is 0 Å². The fraction of sp³-hybridized carbons (Fsp3) is 0.688. The van der Waals surface area contributed by atoms with Gasteiger partial charge in [0.25, 0.3) is 5.91 Å². The number of aryl methyl sites for hydroxylation is 1. The van der Waals surface area contributed by atoms with Crippen LogP contribution in [0, 0.1) is 0 Å². The van der Waals surface area contributed by atoms with E-state index in [-0.39, 0.29) is 11.9 Å². The molecule has 1 fully saturated rings. The molecule has 1 saturated heterocycles. The van der Waals surface area contributed by atoms with Crippen LogP contribution in [-0.2, 0) is 12.2 Å². The Labute approximate surface area is 135 Å². The van der Waals surface area contributed by atoms with Crippen molar-refractivity contribution in [1.82, 2.24) is 10.2 Å². The van der Waals surface area contributed by atoms with Gasteiger partial charge in [0.05, 0.1) is 4.88 Å². The van der Waals surface area contributed by atoms with Gasteiger partial charge in [-0.2, -0.15) is 11.8 Å². The number of nitrogens with one attached hydrogen (secondary N) is 1. The summed E-state index contributed by atoms with van der Waals surface area (Å²) in [6, 6.07) is 2.88. The van der Waals surface area contributed by atoms with E-state index >= 15 is 0 Å². The van der Waals surface area contributed by atoms with Crippen molar-refractivity contribution in [2.45, 2.75) is 50.9 Å². The molecule has 2 aliphatic heterocycles. The van der Waals surface area contributed by atoms with E-state index in [1.807, 2.05) is 16.7 Å². The van der Waals surface area contributed by atoms with Crippen LogP contribution >= 0.6 is 23.1 Å². The first-order chi connectivity index (χ1) is 10.1. The second-order valence-corrected chi connectivity index (χ2v) is 8.45. The van der Waals surface area contributed by atoms with E-state index in [4.69, 9.17) is 0 Å². The topological polar surface area (TPSA) is 32.3 Å². The Balaban J connectivity index is 1.75. The number of hydrogen-bond donors (Lipinski definition) is 1.